The number of benzene rings is 1. The molecule has 22 heavy (non-hydrogen) atoms. The Labute approximate surface area is 132 Å². The molecule has 2 rings (SSSR count). The summed E-state index contributed by atoms with van der Waals surface area (Å²) in [6.07, 6.45) is -3.52. The van der Waals surface area contributed by atoms with Crippen molar-refractivity contribution in [1.29, 1.82) is 0 Å². The molecule has 0 aromatic heterocycles. The average Bonchev–Trinajstić information content (AvgIpc) is 2.37. The number of nitrogens with two attached hydrogens (primary N) is 1. The summed E-state index contributed by atoms with van der Waals surface area (Å²) >= 11 is 0. The molecule has 126 valence electrons. The van der Waals surface area contributed by atoms with Gasteiger partial charge in [-0.3, -0.25) is 0 Å². The molecule has 10 heteroatoms. The minimum Gasteiger partial charge on any atom is -0.406 e. The van der Waals surface area contributed by atoms with E-state index >= 15 is 0 Å². The Morgan fingerprint density at radius 1 is 1.32 bits per heavy atom. The van der Waals surface area contributed by atoms with Crippen molar-refractivity contribution in [2.24, 2.45) is 5.73 Å². The van der Waals surface area contributed by atoms with Gasteiger partial charge in [-0.2, -0.15) is 4.31 Å². The van der Waals surface area contributed by atoms with Crippen LogP contribution in [0.4, 0.5) is 13.2 Å². The van der Waals surface area contributed by atoms with Crippen LogP contribution in [0.25, 0.3) is 0 Å². The van der Waals surface area contributed by atoms with E-state index in [9.17, 15) is 21.6 Å². The molecular weight excluding hydrogens is 345 g/mol. The zero-order chi connectivity index (χ0) is 15.7. The molecule has 2 N–H and O–H groups in total. The Bertz CT molecular complexity index is 610. The summed E-state index contributed by atoms with van der Waals surface area (Å²) in [6.45, 7) is 0.465. The molecule has 0 amide bonds. The number of hydrogen-bond acceptors (Lipinski definition) is 4. The summed E-state index contributed by atoms with van der Waals surface area (Å²) in [5, 5.41) is 0. The molecule has 0 aliphatic carbocycles. The Balaban J connectivity index is 0.00000242. The van der Waals surface area contributed by atoms with Gasteiger partial charge in [-0.1, -0.05) is 6.07 Å². The van der Waals surface area contributed by atoms with Crippen LogP contribution < -0.4 is 10.5 Å². The summed E-state index contributed by atoms with van der Waals surface area (Å²) in [7, 11) is -3.87. The predicted molar refractivity (Wildman–Crippen MR) is 76.3 cm³/mol. The summed E-state index contributed by atoms with van der Waals surface area (Å²) in [4.78, 5) is -0.238. The molecule has 0 saturated carbocycles. The lowest BCUT2D eigenvalue weighted by atomic mass is 10.1. The van der Waals surface area contributed by atoms with Gasteiger partial charge in [-0.05, 0) is 25.0 Å². The monoisotopic (exact) mass is 360 g/mol. The topological polar surface area (TPSA) is 72.6 Å². The first-order valence-corrected chi connectivity index (χ1v) is 7.74. The van der Waals surface area contributed by atoms with Crippen LogP contribution in [-0.4, -0.2) is 38.2 Å². The minimum absolute atomic E-state index is 0. The van der Waals surface area contributed by atoms with Crippen molar-refractivity contribution in [3.05, 3.63) is 24.3 Å². The van der Waals surface area contributed by atoms with E-state index in [4.69, 9.17) is 5.73 Å². The molecular formula is C12H16ClF3N2O3S. The molecule has 1 aromatic rings. The molecule has 1 heterocycles. The highest BCUT2D eigenvalue weighted by Gasteiger charge is 2.33. The fourth-order valence-electron chi connectivity index (χ4n) is 2.17. The third-order valence-corrected chi connectivity index (χ3v) is 4.96. The van der Waals surface area contributed by atoms with E-state index in [1.54, 1.807) is 0 Å². The van der Waals surface area contributed by atoms with Crippen molar-refractivity contribution in [1.82, 2.24) is 4.31 Å². The van der Waals surface area contributed by atoms with E-state index in [0.717, 1.165) is 18.6 Å². The molecule has 1 aromatic carbocycles. The van der Waals surface area contributed by atoms with Gasteiger partial charge in [0.2, 0.25) is 10.0 Å². The number of rotatable bonds is 3. The fraction of sp³-hybridized carbons (Fsp3) is 0.500. The van der Waals surface area contributed by atoms with E-state index in [2.05, 4.69) is 4.74 Å². The smallest absolute Gasteiger partial charge is 0.406 e. The van der Waals surface area contributed by atoms with Crippen molar-refractivity contribution in [3.8, 4) is 5.75 Å². The van der Waals surface area contributed by atoms with Crippen LogP contribution in [0.2, 0.25) is 0 Å². The largest absolute Gasteiger partial charge is 0.573 e. The highest BCUT2D eigenvalue weighted by molar-refractivity contribution is 7.89. The fourth-order valence-corrected chi connectivity index (χ4v) is 3.74. The Morgan fingerprint density at radius 2 is 2.00 bits per heavy atom. The number of piperidine rings is 1. The summed E-state index contributed by atoms with van der Waals surface area (Å²) in [6, 6.07) is 4.09. The lowest BCUT2D eigenvalue weighted by Gasteiger charge is -2.29. The van der Waals surface area contributed by atoms with Crippen LogP contribution in [-0.2, 0) is 10.0 Å². The maximum Gasteiger partial charge on any atom is 0.573 e. The number of alkyl halides is 3. The van der Waals surface area contributed by atoms with E-state index in [-0.39, 0.29) is 29.9 Å². The van der Waals surface area contributed by atoms with Crippen molar-refractivity contribution < 1.29 is 26.3 Å². The Hall–Kier alpha value is -1.03. The molecule has 0 radical (unpaired) electrons. The SMILES string of the molecule is Cl.N[C@@H]1CCCN(S(=O)(=O)c2cccc(OC(F)(F)F)c2)C1. The van der Waals surface area contributed by atoms with E-state index in [0.29, 0.717) is 13.0 Å². The van der Waals surface area contributed by atoms with Gasteiger partial charge in [-0.25, -0.2) is 8.42 Å². The van der Waals surface area contributed by atoms with Gasteiger partial charge in [0.05, 0.1) is 4.90 Å². The first kappa shape index (κ1) is 19.0. The molecule has 1 aliphatic rings. The van der Waals surface area contributed by atoms with Crippen molar-refractivity contribution >= 4 is 22.4 Å². The molecule has 0 spiro atoms. The Kier molecular flexibility index (Phi) is 6.08. The normalized spacial score (nSPS) is 20.3. The van der Waals surface area contributed by atoms with E-state index in [1.807, 2.05) is 0 Å². The van der Waals surface area contributed by atoms with Crippen LogP contribution in [0, 0.1) is 0 Å². The average molecular weight is 361 g/mol. The summed E-state index contributed by atoms with van der Waals surface area (Å²) in [5.41, 5.74) is 5.73. The number of halogens is 4. The number of hydrogen-bond donors (Lipinski definition) is 1. The second kappa shape index (κ2) is 7.03. The first-order valence-electron chi connectivity index (χ1n) is 6.30. The minimum atomic E-state index is -4.87. The number of ether oxygens (including phenoxy) is 1. The summed E-state index contributed by atoms with van der Waals surface area (Å²) in [5.74, 6) is -0.565. The third-order valence-electron chi connectivity index (χ3n) is 3.10. The number of sulfonamides is 1. The van der Waals surface area contributed by atoms with Crippen LogP contribution in [0.1, 0.15) is 12.8 Å². The summed E-state index contributed by atoms with van der Waals surface area (Å²) < 4.78 is 66.2. The molecule has 1 aliphatic heterocycles. The second-order valence-corrected chi connectivity index (χ2v) is 6.73. The molecule has 5 nitrogen and oxygen atoms in total. The lowest BCUT2D eigenvalue weighted by molar-refractivity contribution is -0.274. The molecule has 1 fully saturated rings. The zero-order valence-electron chi connectivity index (χ0n) is 11.4. The quantitative estimate of drug-likeness (QED) is 0.896. The van der Waals surface area contributed by atoms with Gasteiger partial charge in [-0.15, -0.1) is 25.6 Å². The second-order valence-electron chi connectivity index (χ2n) is 4.79. The first-order chi connectivity index (χ1) is 9.68. The van der Waals surface area contributed by atoms with Gasteiger partial charge in [0.1, 0.15) is 5.75 Å². The van der Waals surface area contributed by atoms with E-state index < -0.39 is 22.1 Å². The lowest BCUT2D eigenvalue weighted by Crippen LogP contribution is -2.45. The maximum absolute atomic E-state index is 12.4. The van der Waals surface area contributed by atoms with Gasteiger partial charge < -0.3 is 10.5 Å². The highest BCUT2D eigenvalue weighted by atomic mass is 35.5. The van der Waals surface area contributed by atoms with Gasteiger partial charge >= 0.3 is 6.36 Å². The van der Waals surface area contributed by atoms with Crippen LogP contribution >= 0.6 is 12.4 Å². The molecule has 1 atom stereocenters. The predicted octanol–water partition coefficient (Wildman–Crippen LogP) is 2.12. The van der Waals surface area contributed by atoms with Gasteiger partial charge in [0.25, 0.3) is 0 Å². The van der Waals surface area contributed by atoms with Crippen LogP contribution in [0.5, 0.6) is 5.75 Å². The number of nitrogens with zero attached hydrogens (tertiary/aromatic N) is 1. The molecule has 0 unspecified atom stereocenters. The van der Waals surface area contributed by atoms with Crippen LogP contribution in [0.3, 0.4) is 0 Å². The van der Waals surface area contributed by atoms with Crippen molar-refractivity contribution in [2.75, 3.05) is 13.1 Å². The van der Waals surface area contributed by atoms with Gasteiger partial charge in [0, 0.05) is 25.2 Å². The Morgan fingerprint density at radius 3 is 2.59 bits per heavy atom. The van der Waals surface area contributed by atoms with Gasteiger partial charge in [0.15, 0.2) is 0 Å². The molecule has 0 bridgehead atoms. The van der Waals surface area contributed by atoms with Crippen LogP contribution in [0.15, 0.2) is 29.2 Å². The van der Waals surface area contributed by atoms with Crippen molar-refractivity contribution in [3.63, 3.8) is 0 Å². The third kappa shape index (κ3) is 4.73. The standard InChI is InChI=1S/C12H15F3N2O3S.ClH/c13-12(14,15)20-10-4-1-5-11(7-10)21(18,19)17-6-2-3-9(16)8-17;/h1,4-5,7,9H,2-3,6,8,16H2;1H/t9-;/m1./s1. The molecule has 1 saturated heterocycles. The highest BCUT2D eigenvalue weighted by Crippen LogP contribution is 2.27. The zero-order valence-corrected chi connectivity index (χ0v) is 13.0. The van der Waals surface area contributed by atoms with Crippen molar-refractivity contribution in [2.45, 2.75) is 30.1 Å². The maximum atomic E-state index is 12.4. The van der Waals surface area contributed by atoms with E-state index in [1.165, 1.54) is 16.4 Å².